The van der Waals surface area contributed by atoms with Crippen LogP contribution in [0.4, 0.5) is 4.39 Å². The maximum atomic E-state index is 13.3. The number of rotatable bonds is 4. The van der Waals surface area contributed by atoms with Crippen molar-refractivity contribution >= 4 is 12.4 Å². The maximum Gasteiger partial charge on any atom is 0.206 e. The Morgan fingerprint density at radius 1 is 1.36 bits per heavy atom. The Morgan fingerprint density at radius 3 is 2.57 bits per heavy atom. The van der Waals surface area contributed by atoms with Crippen molar-refractivity contribution in [1.82, 2.24) is 0 Å². The molecule has 0 atom stereocenters. The van der Waals surface area contributed by atoms with E-state index in [9.17, 15) is 4.39 Å². The van der Waals surface area contributed by atoms with E-state index in [1.54, 1.807) is 6.07 Å². The van der Waals surface area contributed by atoms with E-state index in [1.807, 2.05) is 0 Å². The predicted octanol–water partition coefficient (Wildman–Crippen LogP) is 1.59. The van der Waals surface area contributed by atoms with Crippen molar-refractivity contribution in [1.29, 1.82) is 0 Å². The highest BCUT2D eigenvalue weighted by molar-refractivity contribution is 5.85. The van der Waals surface area contributed by atoms with Crippen LogP contribution in [0.3, 0.4) is 0 Å². The lowest BCUT2D eigenvalue weighted by atomic mass is 10.3. The topological polar surface area (TPSA) is 44.5 Å². The molecule has 5 heteroatoms. The summed E-state index contributed by atoms with van der Waals surface area (Å²) in [6.45, 7) is 0.654. The van der Waals surface area contributed by atoms with Crippen molar-refractivity contribution in [3.8, 4) is 11.5 Å². The standard InChI is InChI=1S/C9H12FNO2.ClH/c1-12-7-3-2-4-8(9(7)10)13-6-5-11;/h2-4H,5-6,11H2,1H3;1H. The van der Waals surface area contributed by atoms with Gasteiger partial charge in [0, 0.05) is 6.54 Å². The monoisotopic (exact) mass is 221 g/mol. The van der Waals surface area contributed by atoms with Crippen molar-refractivity contribution < 1.29 is 13.9 Å². The molecule has 1 aromatic rings. The Kier molecular flexibility index (Phi) is 5.99. The Labute approximate surface area is 88.4 Å². The molecule has 0 aromatic heterocycles. The van der Waals surface area contributed by atoms with Crippen molar-refractivity contribution in [2.75, 3.05) is 20.3 Å². The molecule has 1 aromatic carbocycles. The van der Waals surface area contributed by atoms with Gasteiger partial charge in [0.15, 0.2) is 11.5 Å². The lowest BCUT2D eigenvalue weighted by Crippen LogP contribution is -2.11. The van der Waals surface area contributed by atoms with E-state index in [4.69, 9.17) is 15.2 Å². The summed E-state index contributed by atoms with van der Waals surface area (Å²) in [4.78, 5) is 0. The van der Waals surface area contributed by atoms with Crippen LogP contribution in [0.1, 0.15) is 0 Å². The first kappa shape index (κ1) is 13.0. The van der Waals surface area contributed by atoms with Gasteiger partial charge in [-0.3, -0.25) is 0 Å². The van der Waals surface area contributed by atoms with E-state index in [-0.39, 0.29) is 23.9 Å². The van der Waals surface area contributed by atoms with Crippen molar-refractivity contribution in [3.63, 3.8) is 0 Å². The minimum Gasteiger partial charge on any atom is -0.494 e. The molecule has 0 radical (unpaired) electrons. The molecule has 0 aliphatic carbocycles. The molecular weight excluding hydrogens is 209 g/mol. The van der Waals surface area contributed by atoms with Gasteiger partial charge in [-0.1, -0.05) is 6.07 Å². The minimum atomic E-state index is -0.488. The van der Waals surface area contributed by atoms with Crippen LogP contribution in [-0.4, -0.2) is 20.3 Å². The van der Waals surface area contributed by atoms with Crippen LogP contribution in [0.15, 0.2) is 18.2 Å². The van der Waals surface area contributed by atoms with Gasteiger partial charge >= 0.3 is 0 Å². The molecule has 0 unspecified atom stereocenters. The molecule has 14 heavy (non-hydrogen) atoms. The van der Waals surface area contributed by atoms with Crippen LogP contribution in [0.5, 0.6) is 11.5 Å². The van der Waals surface area contributed by atoms with E-state index in [0.29, 0.717) is 13.2 Å². The first-order valence-electron chi connectivity index (χ1n) is 3.95. The Hall–Kier alpha value is -1.00. The van der Waals surface area contributed by atoms with E-state index in [2.05, 4.69) is 0 Å². The second-order valence-electron chi connectivity index (χ2n) is 2.41. The molecule has 0 saturated heterocycles. The molecule has 1 rings (SSSR count). The highest BCUT2D eigenvalue weighted by Gasteiger charge is 2.08. The van der Waals surface area contributed by atoms with E-state index in [1.165, 1.54) is 19.2 Å². The number of benzene rings is 1. The normalized spacial score (nSPS) is 9.07. The fraction of sp³-hybridized carbons (Fsp3) is 0.333. The highest BCUT2D eigenvalue weighted by Crippen LogP contribution is 2.25. The van der Waals surface area contributed by atoms with E-state index in [0.717, 1.165) is 0 Å². The van der Waals surface area contributed by atoms with Gasteiger partial charge in [-0.05, 0) is 12.1 Å². The Bertz CT molecular complexity index is 284. The average Bonchev–Trinajstić information content (AvgIpc) is 2.16. The van der Waals surface area contributed by atoms with E-state index < -0.39 is 5.82 Å². The summed E-state index contributed by atoms with van der Waals surface area (Å²) < 4.78 is 23.1. The molecule has 80 valence electrons. The fourth-order valence-corrected chi connectivity index (χ4v) is 0.929. The lowest BCUT2D eigenvalue weighted by Gasteiger charge is -2.07. The summed E-state index contributed by atoms with van der Waals surface area (Å²) in [5.41, 5.74) is 5.22. The zero-order valence-electron chi connectivity index (χ0n) is 7.83. The molecule has 3 nitrogen and oxygen atoms in total. The molecule has 0 spiro atoms. The minimum absolute atomic E-state index is 0. The third-order valence-electron chi connectivity index (χ3n) is 1.52. The molecule has 2 N–H and O–H groups in total. The first-order valence-corrected chi connectivity index (χ1v) is 3.95. The van der Waals surface area contributed by atoms with Crippen LogP contribution >= 0.6 is 12.4 Å². The van der Waals surface area contributed by atoms with Crippen LogP contribution in [0.25, 0.3) is 0 Å². The molecule has 0 saturated carbocycles. The summed E-state index contributed by atoms with van der Waals surface area (Å²) in [7, 11) is 1.41. The quantitative estimate of drug-likeness (QED) is 0.840. The molecule has 0 fully saturated rings. The van der Waals surface area contributed by atoms with Crippen molar-refractivity contribution in [3.05, 3.63) is 24.0 Å². The van der Waals surface area contributed by atoms with Gasteiger partial charge < -0.3 is 15.2 Å². The number of halogens is 2. The van der Waals surface area contributed by atoms with Crippen LogP contribution < -0.4 is 15.2 Å². The molecular formula is C9H13ClFNO2. The van der Waals surface area contributed by atoms with Crippen LogP contribution in [0, 0.1) is 5.82 Å². The smallest absolute Gasteiger partial charge is 0.206 e. The number of nitrogens with two attached hydrogens (primary N) is 1. The summed E-state index contributed by atoms with van der Waals surface area (Å²) in [6.07, 6.45) is 0. The molecule has 0 heterocycles. The van der Waals surface area contributed by atoms with Gasteiger partial charge in [0.2, 0.25) is 5.82 Å². The van der Waals surface area contributed by atoms with Gasteiger partial charge in [-0.2, -0.15) is 4.39 Å². The average molecular weight is 222 g/mol. The highest BCUT2D eigenvalue weighted by atomic mass is 35.5. The summed E-state index contributed by atoms with van der Waals surface area (Å²) >= 11 is 0. The van der Waals surface area contributed by atoms with Gasteiger partial charge in [0.25, 0.3) is 0 Å². The third kappa shape index (κ3) is 3.05. The number of hydrogen-bond donors (Lipinski definition) is 1. The second kappa shape index (κ2) is 6.45. The fourth-order valence-electron chi connectivity index (χ4n) is 0.929. The Morgan fingerprint density at radius 2 is 2.00 bits per heavy atom. The second-order valence-corrected chi connectivity index (χ2v) is 2.41. The molecule has 0 amide bonds. The first-order chi connectivity index (χ1) is 6.29. The van der Waals surface area contributed by atoms with Gasteiger partial charge in [-0.15, -0.1) is 12.4 Å². The maximum absolute atomic E-state index is 13.3. The number of hydrogen-bond acceptors (Lipinski definition) is 3. The summed E-state index contributed by atoms with van der Waals surface area (Å²) in [5, 5.41) is 0. The van der Waals surface area contributed by atoms with Crippen LogP contribution in [0.2, 0.25) is 0 Å². The molecule has 0 aliphatic heterocycles. The van der Waals surface area contributed by atoms with Crippen molar-refractivity contribution in [2.45, 2.75) is 0 Å². The number of methoxy groups -OCH3 is 1. The number of ether oxygens (including phenoxy) is 2. The largest absolute Gasteiger partial charge is 0.494 e. The third-order valence-corrected chi connectivity index (χ3v) is 1.52. The predicted molar refractivity (Wildman–Crippen MR) is 54.7 cm³/mol. The van der Waals surface area contributed by atoms with Crippen molar-refractivity contribution in [2.24, 2.45) is 5.73 Å². The van der Waals surface area contributed by atoms with Gasteiger partial charge in [0.1, 0.15) is 6.61 Å². The zero-order chi connectivity index (χ0) is 9.68. The van der Waals surface area contributed by atoms with Gasteiger partial charge in [-0.25, -0.2) is 0 Å². The molecule has 0 bridgehead atoms. The SMILES string of the molecule is COc1cccc(OCCN)c1F.Cl. The summed E-state index contributed by atoms with van der Waals surface area (Å²) in [6, 6.07) is 4.73. The van der Waals surface area contributed by atoms with E-state index >= 15 is 0 Å². The van der Waals surface area contributed by atoms with Gasteiger partial charge in [0.05, 0.1) is 7.11 Å². The lowest BCUT2D eigenvalue weighted by molar-refractivity contribution is 0.300. The van der Waals surface area contributed by atoms with Crippen LogP contribution in [-0.2, 0) is 0 Å². The zero-order valence-corrected chi connectivity index (χ0v) is 8.64. The summed E-state index contributed by atoms with van der Waals surface area (Å²) in [5.74, 6) is -0.141. The molecule has 0 aliphatic rings. The Balaban J connectivity index is 0.00000169.